The van der Waals surface area contributed by atoms with Gasteiger partial charge in [-0.05, 0) is 60.5 Å². The molecule has 3 aromatic rings. The first-order valence-electron chi connectivity index (χ1n) is 10.1. The molecule has 1 atom stereocenters. The Labute approximate surface area is 207 Å². The smallest absolute Gasteiger partial charge is 0.273 e. The third-order valence-electron chi connectivity index (χ3n) is 5.34. The summed E-state index contributed by atoms with van der Waals surface area (Å²) in [5.41, 5.74) is 0.134. The summed E-state index contributed by atoms with van der Waals surface area (Å²) in [4.78, 5) is 31.3. The molecule has 1 aliphatic heterocycles. The predicted octanol–water partition coefficient (Wildman–Crippen LogP) is 5.16. The van der Waals surface area contributed by atoms with Gasteiger partial charge in [0.15, 0.2) is 0 Å². The molecule has 4 rings (SSSR count). The summed E-state index contributed by atoms with van der Waals surface area (Å²) in [7, 11) is 0. The number of nitrogens with zero attached hydrogens (tertiary/aromatic N) is 3. The highest BCUT2D eigenvalue weighted by molar-refractivity contribution is 6.34. The fraction of sp³-hybridized carbons (Fsp3) is 0.174. The Kier molecular flexibility index (Phi) is 6.39. The lowest BCUT2D eigenvalue weighted by atomic mass is 9.91. The van der Waals surface area contributed by atoms with Crippen LogP contribution in [0.5, 0.6) is 0 Å². The Bertz CT molecular complexity index is 1320. The Balaban J connectivity index is 1.73. The van der Waals surface area contributed by atoms with E-state index in [-0.39, 0.29) is 26.9 Å². The lowest BCUT2D eigenvalue weighted by molar-refractivity contribution is -0.269. The molecule has 1 aromatic heterocycles. The summed E-state index contributed by atoms with van der Waals surface area (Å²) in [6.07, 6.45) is -1.12. The van der Waals surface area contributed by atoms with Crippen LogP contribution in [0.25, 0.3) is 5.70 Å². The zero-order valence-corrected chi connectivity index (χ0v) is 19.7. The Morgan fingerprint density at radius 2 is 1.83 bits per heavy atom. The van der Waals surface area contributed by atoms with Gasteiger partial charge < -0.3 is 0 Å². The quantitative estimate of drug-likeness (QED) is 0.510. The first kappa shape index (κ1) is 24.8. The zero-order chi connectivity index (χ0) is 25.5. The molecule has 2 heterocycles. The molecule has 2 amide bonds. The molecule has 1 N–H and O–H groups in total. The SMILES string of the molecule is CC(=O)N(C(=O)c1ccc(C2=CC(c3cc(Cl)cc(Cl)c3)(C(F)(F)F)ON2)cc1C)n1cccn1. The molecule has 1 aliphatic rings. The number of halogens is 5. The molecule has 0 spiro atoms. The summed E-state index contributed by atoms with van der Waals surface area (Å²) < 4.78 is 42.6. The van der Waals surface area contributed by atoms with E-state index >= 15 is 0 Å². The highest BCUT2D eigenvalue weighted by Gasteiger charge is 2.59. The van der Waals surface area contributed by atoms with Crippen molar-refractivity contribution >= 4 is 40.7 Å². The summed E-state index contributed by atoms with van der Waals surface area (Å²) in [5.74, 6) is -1.21. The number of alkyl halides is 3. The van der Waals surface area contributed by atoms with Crippen molar-refractivity contribution in [1.29, 1.82) is 0 Å². The second kappa shape index (κ2) is 9.03. The molecular formula is C23H17Cl2F3N4O3. The number of carbonyl (C=O) groups is 2. The molecule has 0 radical (unpaired) electrons. The van der Waals surface area contributed by atoms with E-state index in [1.807, 2.05) is 0 Å². The number of rotatable bonds is 4. The van der Waals surface area contributed by atoms with Crippen LogP contribution in [0.3, 0.4) is 0 Å². The first-order chi connectivity index (χ1) is 16.4. The number of hydrogen-bond acceptors (Lipinski definition) is 5. The maximum absolute atomic E-state index is 14.2. The largest absolute Gasteiger partial charge is 0.428 e. The van der Waals surface area contributed by atoms with Crippen molar-refractivity contribution in [3.63, 3.8) is 0 Å². The van der Waals surface area contributed by atoms with Crippen LogP contribution in [-0.2, 0) is 15.2 Å². The molecule has 0 saturated heterocycles. The van der Waals surface area contributed by atoms with Gasteiger partial charge in [-0.2, -0.15) is 28.1 Å². The molecule has 7 nitrogen and oxygen atoms in total. The van der Waals surface area contributed by atoms with Crippen molar-refractivity contribution < 1.29 is 27.6 Å². The van der Waals surface area contributed by atoms with Crippen molar-refractivity contribution in [1.82, 2.24) is 15.4 Å². The third kappa shape index (κ3) is 4.52. The molecule has 182 valence electrons. The van der Waals surface area contributed by atoms with Crippen LogP contribution in [0.4, 0.5) is 13.2 Å². The summed E-state index contributed by atoms with van der Waals surface area (Å²) >= 11 is 11.9. The number of benzene rings is 2. The van der Waals surface area contributed by atoms with E-state index in [0.717, 1.165) is 28.0 Å². The number of imide groups is 1. The van der Waals surface area contributed by atoms with E-state index in [9.17, 15) is 22.8 Å². The summed E-state index contributed by atoms with van der Waals surface area (Å²) in [6, 6.07) is 9.49. The molecule has 1 unspecified atom stereocenters. The summed E-state index contributed by atoms with van der Waals surface area (Å²) in [6.45, 7) is 2.81. The molecule has 12 heteroatoms. The van der Waals surface area contributed by atoms with E-state index in [1.165, 1.54) is 43.6 Å². The lowest BCUT2D eigenvalue weighted by Gasteiger charge is -2.28. The van der Waals surface area contributed by atoms with Crippen LogP contribution >= 0.6 is 23.2 Å². The van der Waals surface area contributed by atoms with Crippen molar-refractivity contribution in [2.24, 2.45) is 0 Å². The van der Waals surface area contributed by atoms with Crippen molar-refractivity contribution in [2.45, 2.75) is 25.6 Å². The van der Waals surface area contributed by atoms with E-state index in [1.54, 1.807) is 13.0 Å². The fourth-order valence-electron chi connectivity index (χ4n) is 3.70. The number of amides is 2. The molecule has 2 aromatic carbocycles. The molecule has 0 saturated carbocycles. The summed E-state index contributed by atoms with van der Waals surface area (Å²) in [5, 5.41) is 4.80. The van der Waals surface area contributed by atoms with Crippen molar-refractivity contribution in [3.8, 4) is 0 Å². The van der Waals surface area contributed by atoms with Crippen LogP contribution in [0.15, 0.2) is 60.9 Å². The zero-order valence-electron chi connectivity index (χ0n) is 18.2. The minimum atomic E-state index is -4.85. The fourth-order valence-corrected chi connectivity index (χ4v) is 4.22. The van der Waals surface area contributed by atoms with Gasteiger partial charge >= 0.3 is 6.18 Å². The number of nitrogens with one attached hydrogen (secondary N) is 1. The monoisotopic (exact) mass is 524 g/mol. The predicted molar refractivity (Wildman–Crippen MR) is 123 cm³/mol. The minimum absolute atomic E-state index is 0.0208. The lowest BCUT2D eigenvalue weighted by Crippen LogP contribution is -2.44. The van der Waals surface area contributed by atoms with Crippen LogP contribution in [0.1, 0.15) is 34.0 Å². The first-order valence-corrected chi connectivity index (χ1v) is 10.8. The number of carbonyl (C=O) groups excluding carboxylic acids is 2. The Morgan fingerprint density at radius 1 is 1.14 bits per heavy atom. The molecule has 0 aliphatic carbocycles. The maximum atomic E-state index is 14.2. The van der Waals surface area contributed by atoms with Gasteiger partial charge in [-0.25, -0.2) is 0 Å². The molecule has 35 heavy (non-hydrogen) atoms. The number of hydrogen-bond donors (Lipinski definition) is 1. The van der Waals surface area contributed by atoms with E-state index in [0.29, 0.717) is 11.1 Å². The Hall–Kier alpha value is -3.34. The number of hydroxylamine groups is 1. The maximum Gasteiger partial charge on any atom is 0.428 e. The van der Waals surface area contributed by atoms with Gasteiger partial charge in [-0.15, -0.1) is 0 Å². The molecule has 0 fully saturated rings. The normalized spacial score (nSPS) is 17.6. The topological polar surface area (TPSA) is 76.5 Å². The van der Waals surface area contributed by atoms with Crippen LogP contribution < -0.4 is 10.5 Å². The van der Waals surface area contributed by atoms with Gasteiger partial charge in [-0.1, -0.05) is 29.3 Å². The average molecular weight is 525 g/mol. The van der Waals surface area contributed by atoms with E-state index in [4.69, 9.17) is 28.0 Å². The minimum Gasteiger partial charge on any atom is -0.273 e. The van der Waals surface area contributed by atoms with Crippen LogP contribution in [-0.4, -0.2) is 27.9 Å². The van der Waals surface area contributed by atoms with Gasteiger partial charge in [0.2, 0.25) is 11.5 Å². The van der Waals surface area contributed by atoms with Gasteiger partial charge in [0, 0.05) is 34.3 Å². The standard InChI is InChI=1S/C23H17Cl2F3N4O3/c1-13-8-15(4-5-19(13)21(34)32(14(2)33)31-7-3-6-29-31)20-12-22(35-30-20,23(26,27)28)16-9-17(24)11-18(25)10-16/h3-12,30H,1-2H3. The second-order valence-corrected chi connectivity index (χ2v) is 8.62. The van der Waals surface area contributed by atoms with Gasteiger partial charge in [-0.3, -0.25) is 19.9 Å². The number of aryl methyl sites for hydroxylation is 1. The van der Waals surface area contributed by atoms with Crippen LogP contribution in [0, 0.1) is 6.92 Å². The molecular weight excluding hydrogens is 508 g/mol. The molecule has 0 bridgehead atoms. The average Bonchev–Trinajstić information content (AvgIpc) is 3.43. The van der Waals surface area contributed by atoms with Crippen molar-refractivity contribution in [2.75, 3.05) is 5.01 Å². The third-order valence-corrected chi connectivity index (χ3v) is 5.77. The second-order valence-electron chi connectivity index (χ2n) is 7.75. The van der Waals surface area contributed by atoms with Gasteiger partial charge in [0.1, 0.15) is 0 Å². The van der Waals surface area contributed by atoms with Crippen LogP contribution in [0.2, 0.25) is 10.0 Å². The van der Waals surface area contributed by atoms with E-state index in [2.05, 4.69) is 10.6 Å². The van der Waals surface area contributed by atoms with Gasteiger partial charge in [0.05, 0.1) is 11.9 Å². The van der Waals surface area contributed by atoms with Crippen molar-refractivity contribution in [3.05, 3.63) is 93.2 Å². The van der Waals surface area contributed by atoms with E-state index < -0.39 is 23.6 Å². The highest BCUT2D eigenvalue weighted by atomic mass is 35.5. The van der Waals surface area contributed by atoms with Gasteiger partial charge in [0.25, 0.3) is 5.91 Å². The Morgan fingerprint density at radius 3 is 2.37 bits per heavy atom. The highest BCUT2D eigenvalue weighted by Crippen LogP contribution is 2.48. The number of aromatic nitrogens is 2.